The van der Waals surface area contributed by atoms with Crippen LogP contribution in [0.5, 0.6) is 0 Å². The second-order valence-electron chi connectivity index (χ2n) is 4.43. The Morgan fingerprint density at radius 3 is 2.31 bits per heavy atom. The normalized spacial score (nSPS) is 24.7. The molecule has 0 aliphatic heterocycles. The molecule has 0 radical (unpaired) electrons. The second-order valence-corrected chi connectivity index (χ2v) is 4.43. The molecule has 0 amide bonds. The molecule has 1 atom stereocenters. The molecular weight excluding hydrogens is 164 g/mol. The Labute approximate surface area is 81.0 Å². The maximum Gasteiger partial charge on any atom is 0.0512 e. The maximum absolute atomic E-state index is 9.07. The van der Waals surface area contributed by atoms with Crippen LogP contribution >= 0.6 is 0 Å². The molecule has 2 N–H and O–H groups in total. The first-order valence-electron chi connectivity index (χ1n) is 5.51. The van der Waals surface area contributed by atoms with E-state index in [1.54, 1.807) is 0 Å². The summed E-state index contributed by atoms with van der Waals surface area (Å²) in [6.45, 7) is 2.55. The van der Waals surface area contributed by atoms with Crippen molar-refractivity contribution >= 4 is 0 Å². The minimum Gasteiger partial charge on any atom is -0.396 e. The standard InChI is InChI=1S/C11H22O2/c1-2-3-4-5-6-10-7-11(10,8-12)9-13/h10,12-13H,2-9H2,1H3/t10-/m0/s1. The third-order valence-corrected chi connectivity index (χ3v) is 3.39. The van der Waals surface area contributed by atoms with Gasteiger partial charge < -0.3 is 10.2 Å². The van der Waals surface area contributed by atoms with Crippen LogP contribution in [0.3, 0.4) is 0 Å². The summed E-state index contributed by atoms with van der Waals surface area (Å²) in [6.07, 6.45) is 7.39. The summed E-state index contributed by atoms with van der Waals surface area (Å²) in [5.41, 5.74) is -0.0911. The molecule has 2 heteroatoms. The highest BCUT2D eigenvalue weighted by Gasteiger charge is 2.52. The fourth-order valence-corrected chi connectivity index (χ4v) is 2.09. The number of hydrogen-bond donors (Lipinski definition) is 2. The van der Waals surface area contributed by atoms with Crippen LogP contribution < -0.4 is 0 Å². The molecular formula is C11H22O2. The molecule has 1 aliphatic rings. The Bertz CT molecular complexity index is 141. The van der Waals surface area contributed by atoms with Gasteiger partial charge in [0.25, 0.3) is 0 Å². The molecule has 0 heterocycles. The van der Waals surface area contributed by atoms with E-state index in [9.17, 15) is 0 Å². The molecule has 0 aromatic heterocycles. The van der Waals surface area contributed by atoms with Crippen molar-refractivity contribution in [2.24, 2.45) is 11.3 Å². The van der Waals surface area contributed by atoms with Crippen molar-refractivity contribution in [2.45, 2.75) is 45.4 Å². The van der Waals surface area contributed by atoms with Crippen molar-refractivity contribution in [1.82, 2.24) is 0 Å². The van der Waals surface area contributed by atoms with Crippen molar-refractivity contribution in [1.29, 1.82) is 0 Å². The quantitative estimate of drug-likeness (QED) is 0.597. The molecule has 0 saturated heterocycles. The average molecular weight is 186 g/mol. The average Bonchev–Trinajstić information content (AvgIpc) is 2.87. The van der Waals surface area contributed by atoms with Gasteiger partial charge in [0.2, 0.25) is 0 Å². The van der Waals surface area contributed by atoms with E-state index >= 15 is 0 Å². The van der Waals surface area contributed by atoms with Gasteiger partial charge in [-0.25, -0.2) is 0 Å². The lowest BCUT2D eigenvalue weighted by atomic mass is 10.0. The third kappa shape index (κ3) is 2.68. The van der Waals surface area contributed by atoms with Crippen molar-refractivity contribution in [2.75, 3.05) is 13.2 Å². The summed E-state index contributed by atoms with van der Waals surface area (Å²) in [6, 6.07) is 0. The van der Waals surface area contributed by atoms with E-state index in [2.05, 4.69) is 6.92 Å². The van der Waals surface area contributed by atoms with E-state index in [-0.39, 0.29) is 18.6 Å². The first-order chi connectivity index (χ1) is 6.29. The zero-order valence-electron chi connectivity index (χ0n) is 8.63. The molecule has 0 spiro atoms. The lowest BCUT2D eigenvalue weighted by molar-refractivity contribution is 0.120. The highest BCUT2D eigenvalue weighted by molar-refractivity contribution is 5.01. The van der Waals surface area contributed by atoms with E-state index in [1.165, 1.54) is 32.1 Å². The van der Waals surface area contributed by atoms with Crippen molar-refractivity contribution in [3.8, 4) is 0 Å². The Balaban J connectivity index is 2.05. The van der Waals surface area contributed by atoms with Gasteiger partial charge in [0.15, 0.2) is 0 Å². The van der Waals surface area contributed by atoms with Gasteiger partial charge in [-0.05, 0) is 18.8 Å². The smallest absolute Gasteiger partial charge is 0.0512 e. The fraction of sp³-hybridized carbons (Fsp3) is 1.00. The van der Waals surface area contributed by atoms with Crippen LogP contribution in [0.1, 0.15) is 45.4 Å². The summed E-state index contributed by atoms with van der Waals surface area (Å²) in [4.78, 5) is 0. The molecule has 1 rings (SSSR count). The molecule has 0 aromatic carbocycles. The van der Waals surface area contributed by atoms with Gasteiger partial charge in [-0.15, -0.1) is 0 Å². The van der Waals surface area contributed by atoms with Crippen LogP contribution in [0, 0.1) is 11.3 Å². The topological polar surface area (TPSA) is 40.5 Å². The number of aliphatic hydroxyl groups excluding tert-OH is 2. The van der Waals surface area contributed by atoms with Crippen molar-refractivity contribution in [3.63, 3.8) is 0 Å². The molecule has 1 aliphatic carbocycles. The van der Waals surface area contributed by atoms with E-state index in [4.69, 9.17) is 10.2 Å². The third-order valence-electron chi connectivity index (χ3n) is 3.39. The Morgan fingerprint density at radius 2 is 1.85 bits per heavy atom. The van der Waals surface area contributed by atoms with Gasteiger partial charge in [0.1, 0.15) is 0 Å². The summed E-state index contributed by atoms with van der Waals surface area (Å²) in [7, 11) is 0. The van der Waals surface area contributed by atoms with Gasteiger partial charge in [-0.1, -0.05) is 32.6 Å². The largest absolute Gasteiger partial charge is 0.396 e. The second kappa shape index (κ2) is 4.97. The van der Waals surface area contributed by atoms with Crippen LogP contribution in [0.4, 0.5) is 0 Å². The minimum atomic E-state index is -0.0911. The first-order valence-corrected chi connectivity index (χ1v) is 5.51. The molecule has 13 heavy (non-hydrogen) atoms. The van der Waals surface area contributed by atoms with Crippen LogP contribution in [-0.2, 0) is 0 Å². The highest BCUT2D eigenvalue weighted by atomic mass is 16.3. The van der Waals surface area contributed by atoms with E-state index in [0.29, 0.717) is 5.92 Å². The Morgan fingerprint density at radius 1 is 1.15 bits per heavy atom. The molecule has 2 nitrogen and oxygen atoms in total. The highest BCUT2D eigenvalue weighted by Crippen LogP contribution is 2.54. The minimum absolute atomic E-state index is 0.0911. The number of aliphatic hydroxyl groups is 2. The molecule has 0 aromatic rings. The van der Waals surface area contributed by atoms with Gasteiger partial charge in [0.05, 0.1) is 13.2 Å². The zero-order valence-corrected chi connectivity index (χ0v) is 8.63. The lowest BCUT2D eigenvalue weighted by Gasteiger charge is -2.09. The van der Waals surface area contributed by atoms with Gasteiger partial charge in [-0.3, -0.25) is 0 Å². The summed E-state index contributed by atoms with van der Waals surface area (Å²) in [5.74, 6) is 0.597. The van der Waals surface area contributed by atoms with E-state index in [0.717, 1.165) is 6.42 Å². The van der Waals surface area contributed by atoms with Crippen LogP contribution in [0.2, 0.25) is 0 Å². The van der Waals surface area contributed by atoms with Gasteiger partial charge >= 0.3 is 0 Å². The monoisotopic (exact) mass is 186 g/mol. The number of hydrogen-bond acceptors (Lipinski definition) is 2. The molecule has 0 bridgehead atoms. The lowest BCUT2D eigenvalue weighted by Crippen LogP contribution is -2.14. The summed E-state index contributed by atoms with van der Waals surface area (Å²) >= 11 is 0. The zero-order chi connectivity index (χ0) is 9.73. The van der Waals surface area contributed by atoms with E-state index in [1.807, 2.05) is 0 Å². The molecule has 0 unspecified atom stereocenters. The number of rotatable bonds is 7. The van der Waals surface area contributed by atoms with Crippen molar-refractivity contribution < 1.29 is 10.2 Å². The predicted octanol–water partition coefficient (Wildman–Crippen LogP) is 1.95. The van der Waals surface area contributed by atoms with E-state index < -0.39 is 0 Å². The van der Waals surface area contributed by atoms with Gasteiger partial charge in [-0.2, -0.15) is 0 Å². The SMILES string of the molecule is CCCCCC[C@H]1CC1(CO)CO. The maximum atomic E-state index is 9.07. The number of unbranched alkanes of at least 4 members (excludes halogenated alkanes) is 3. The first kappa shape index (κ1) is 11.0. The van der Waals surface area contributed by atoms with Crippen LogP contribution in [0.25, 0.3) is 0 Å². The fourth-order valence-electron chi connectivity index (χ4n) is 2.09. The predicted molar refractivity (Wildman–Crippen MR) is 53.5 cm³/mol. The summed E-state index contributed by atoms with van der Waals surface area (Å²) < 4.78 is 0. The van der Waals surface area contributed by atoms with Crippen LogP contribution in [0.15, 0.2) is 0 Å². The van der Waals surface area contributed by atoms with Crippen LogP contribution in [-0.4, -0.2) is 23.4 Å². The molecule has 78 valence electrons. The molecule has 1 fully saturated rings. The Kier molecular flexibility index (Phi) is 4.20. The van der Waals surface area contributed by atoms with Crippen molar-refractivity contribution in [3.05, 3.63) is 0 Å². The molecule has 1 saturated carbocycles. The Hall–Kier alpha value is -0.0800. The van der Waals surface area contributed by atoms with Gasteiger partial charge in [0, 0.05) is 5.41 Å². The summed E-state index contributed by atoms with van der Waals surface area (Å²) in [5, 5.41) is 18.1.